The van der Waals surface area contributed by atoms with Crippen molar-refractivity contribution in [2.75, 3.05) is 13.1 Å². The van der Waals surface area contributed by atoms with E-state index in [4.69, 9.17) is 0 Å². The zero-order chi connectivity index (χ0) is 14.9. The molecule has 0 spiro atoms. The van der Waals surface area contributed by atoms with E-state index in [-0.39, 0.29) is 0 Å². The van der Waals surface area contributed by atoms with E-state index in [9.17, 15) is 0 Å². The van der Waals surface area contributed by atoms with E-state index in [2.05, 4.69) is 55.3 Å². The minimum atomic E-state index is 0.323. The van der Waals surface area contributed by atoms with Gasteiger partial charge in [0.25, 0.3) is 0 Å². The van der Waals surface area contributed by atoms with Crippen LogP contribution in [-0.4, -0.2) is 29.6 Å². The first-order chi connectivity index (χ1) is 10.0. The standard InChI is InChI=1S/C19H30N2/c1-19(2,3)21-11-9-18(10-12-21)20-14-15-5-4-6-17(13-15)16-7-8-16/h4-6,13,16,18,20H,7-12,14H2,1-3H3. The Bertz CT molecular complexity index is 463. The minimum Gasteiger partial charge on any atom is -0.310 e. The van der Waals surface area contributed by atoms with Crippen molar-refractivity contribution < 1.29 is 0 Å². The zero-order valence-electron chi connectivity index (χ0n) is 13.9. The van der Waals surface area contributed by atoms with Gasteiger partial charge in [0.15, 0.2) is 0 Å². The van der Waals surface area contributed by atoms with Crippen molar-refractivity contribution in [3.63, 3.8) is 0 Å². The van der Waals surface area contributed by atoms with E-state index in [1.165, 1.54) is 44.3 Å². The number of rotatable bonds is 4. The van der Waals surface area contributed by atoms with Crippen LogP contribution in [0.5, 0.6) is 0 Å². The Morgan fingerprint density at radius 1 is 1.10 bits per heavy atom. The molecule has 2 nitrogen and oxygen atoms in total. The zero-order valence-corrected chi connectivity index (χ0v) is 13.9. The SMILES string of the molecule is CC(C)(C)N1CCC(NCc2cccc(C3CC3)c2)CC1. The molecule has 1 N–H and O–H groups in total. The van der Waals surface area contributed by atoms with Crippen molar-refractivity contribution in [2.24, 2.45) is 0 Å². The number of likely N-dealkylation sites (tertiary alicyclic amines) is 1. The van der Waals surface area contributed by atoms with Crippen LogP contribution in [0.4, 0.5) is 0 Å². The van der Waals surface area contributed by atoms with Gasteiger partial charge in [0.2, 0.25) is 0 Å². The Morgan fingerprint density at radius 3 is 2.43 bits per heavy atom. The molecule has 1 saturated heterocycles. The van der Waals surface area contributed by atoms with Crippen LogP contribution in [0.1, 0.15) is 63.5 Å². The molecule has 3 rings (SSSR count). The van der Waals surface area contributed by atoms with E-state index in [1.807, 2.05) is 0 Å². The predicted molar refractivity (Wildman–Crippen MR) is 89.6 cm³/mol. The summed E-state index contributed by atoms with van der Waals surface area (Å²) in [5.74, 6) is 0.861. The highest BCUT2D eigenvalue weighted by Gasteiger charge is 2.27. The van der Waals surface area contributed by atoms with Gasteiger partial charge in [-0.1, -0.05) is 24.3 Å². The summed E-state index contributed by atoms with van der Waals surface area (Å²) in [4.78, 5) is 2.61. The molecule has 1 aliphatic heterocycles. The summed E-state index contributed by atoms with van der Waals surface area (Å²) in [5, 5.41) is 3.77. The number of hydrogen-bond donors (Lipinski definition) is 1. The second-order valence-corrected chi connectivity index (χ2v) is 7.83. The van der Waals surface area contributed by atoms with Gasteiger partial charge in [-0.25, -0.2) is 0 Å². The molecule has 1 heterocycles. The van der Waals surface area contributed by atoms with Gasteiger partial charge in [0.05, 0.1) is 0 Å². The third-order valence-corrected chi connectivity index (χ3v) is 5.04. The number of nitrogens with one attached hydrogen (secondary N) is 1. The van der Waals surface area contributed by atoms with Crippen molar-refractivity contribution in [1.29, 1.82) is 0 Å². The molecule has 2 aliphatic rings. The number of hydrogen-bond acceptors (Lipinski definition) is 2. The summed E-state index contributed by atoms with van der Waals surface area (Å²) in [5.41, 5.74) is 3.33. The third-order valence-electron chi connectivity index (χ3n) is 5.04. The Morgan fingerprint density at radius 2 is 1.81 bits per heavy atom. The molecule has 0 atom stereocenters. The van der Waals surface area contributed by atoms with Crippen molar-refractivity contribution >= 4 is 0 Å². The maximum absolute atomic E-state index is 3.77. The molecule has 0 aromatic heterocycles. The van der Waals surface area contributed by atoms with Gasteiger partial charge in [-0.3, -0.25) is 4.90 Å². The molecule has 2 heteroatoms. The molecule has 0 radical (unpaired) electrons. The van der Waals surface area contributed by atoms with Crippen LogP contribution < -0.4 is 5.32 Å². The fourth-order valence-corrected chi connectivity index (χ4v) is 3.39. The van der Waals surface area contributed by atoms with Gasteiger partial charge < -0.3 is 5.32 Å². The van der Waals surface area contributed by atoms with Crippen LogP contribution in [0.15, 0.2) is 24.3 Å². The van der Waals surface area contributed by atoms with Crippen LogP contribution in [0.2, 0.25) is 0 Å². The Labute approximate surface area is 129 Å². The van der Waals surface area contributed by atoms with Crippen LogP contribution in [0, 0.1) is 0 Å². The van der Waals surface area contributed by atoms with Crippen LogP contribution in [-0.2, 0) is 6.54 Å². The number of benzene rings is 1. The van der Waals surface area contributed by atoms with Gasteiger partial charge in [-0.15, -0.1) is 0 Å². The summed E-state index contributed by atoms with van der Waals surface area (Å²) >= 11 is 0. The fraction of sp³-hybridized carbons (Fsp3) is 0.684. The van der Waals surface area contributed by atoms with E-state index in [0.717, 1.165) is 12.5 Å². The van der Waals surface area contributed by atoms with Crippen molar-refractivity contribution in [1.82, 2.24) is 10.2 Å². The second kappa shape index (κ2) is 6.10. The summed E-state index contributed by atoms with van der Waals surface area (Å²) < 4.78 is 0. The molecule has 1 aliphatic carbocycles. The normalized spacial score (nSPS) is 21.7. The molecule has 0 unspecified atom stereocenters. The van der Waals surface area contributed by atoms with E-state index in [0.29, 0.717) is 11.6 Å². The molecule has 116 valence electrons. The summed E-state index contributed by atoms with van der Waals surface area (Å²) in [7, 11) is 0. The molecule has 1 aromatic rings. The Balaban J connectivity index is 1.47. The summed E-state index contributed by atoms with van der Waals surface area (Å²) in [6.07, 6.45) is 5.34. The Hall–Kier alpha value is -0.860. The molecule has 1 saturated carbocycles. The van der Waals surface area contributed by atoms with E-state index >= 15 is 0 Å². The lowest BCUT2D eigenvalue weighted by molar-refractivity contribution is 0.0960. The summed E-state index contributed by atoms with van der Waals surface area (Å²) in [6, 6.07) is 9.89. The Kier molecular flexibility index (Phi) is 4.37. The quantitative estimate of drug-likeness (QED) is 0.902. The third kappa shape index (κ3) is 4.08. The average molecular weight is 286 g/mol. The predicted octanol–water partition coefficient (Wildman–Crippen LogP) is 3.92. The van der Waals surface area contributed by atoms with Crippen molar-refractivity contribution in [3.05, 3.63) is 35.4 Å². The summed E-state index contributed by atoms with van der Waals surface area (Å²) in [6.45, 7) is 10.5. The lowest BCUT2D eigenvalue weighted by atomic mass is 9.98. The lowest BCUT2D eigenvalue weighted by Crippen LogP contribution is -2.49. The van der Waals surface area contributed by atoms with Crippen LogP contribution in [0.3, 0.4) is 0 Å². The van der Waals surface area contributed by atoms with Gasteiger partial charge >= 0.3 is 0 Å². The monoisotopic (exact) mass is 286 g/mol. The first kappa shape index (κ1) is 15.1. The highest BCUT2D eigenvalue weighted by Crippen LogP contribution is 2.40. The minimum absolute atomic E-state index is 0.323. The largest absolute Gasteiger partial charge is 0.310 e. The molecule has 0 amide bonds. The van der Waals surface area contributed by atoms with Gasteiger partial charge in [-0.05, 0) is 63.5 Å². The molecule has 2 fully saturated rings. The van der Waals surface area contributed by atoms with Gasteiger partial charge in [0, 0.05) is 31.2 Å². The molecule has 0 bridgehead atoms. The maximum Gasteiger partial charge on any atom is 0.0208 e. The smallest absolute Gasteiger partial charge is 0.0208 e. The average Bonchev–Trinajstić information content (AvgIpc) is 3.30. The topological polar surface area (TPSA) is 15.3 Å². The first-order valence-electron chi connectivity index (χ1n) is 8.59. The van der Waals surface area contributed by atoms with Crippen molar-refractivity contribution in [3.8, 4) is 0 Å². The highest BCUT2D eigenvalue weighted by molar-refractivity contribution is 5.29. The van der Waals surface area contributed by atoms with Crippen LogP contribution >= 0.6 is 0 Å². The van der Waals surface area contributed by atoms with Gasteiger partial charge in [-0.2, -0.15) is 0 Å². The number of nitrogens with zero attached hydrogens (tertiary/aromatic N) is 1. The van der Waals surface area contributed by atoms with Crippen LogP contribution in [0.25, 0.3) is 0 Å². The van der Waals surface area contributed by atoms with E-state index < -0.39 is 0 Å². The van der Waals surface area contributed by atoms with E-state index in [1.54, 1.807) is 5.56 Å². The molecule has 21 heavy (non-hydrogen) atoms. The fourth-order valence-electron chi connectivity index (χ4n) is 3.39. The first-order valence-corrected chi connectivity index (χ1v) is 8.59. The molecular weight excluding hydrogens is 256 g/mol. The lowest BCUT2D eigenvalue weighted by Gasteiger charge is -2.41. The van der Waals surface area contributed by atoms with Crippen molar-refractivity contribution in [2.45, 2.75) is 70.5 Å². The highest BCUT2D eigenvalue weighted by atomic mass is 15.2. The number of piperidine rings is 1. The molecular formula is C19H30N2. The second-order valence-electron chi connectivity index (χ2n) is 7.83. The van der Waals surface area contributed by atoms with Gasteiger partial charge in [0.1, 0.15) is 0 Å². The molecule has 1 aromatic carbocycles. The maximum atomic E-state index is 3.77.